The summed E-state index contributed by atoms with van der Waals surface area (Å²) in [5.74, 6) is 7.05. The van der Waals surface area contributed by atoms with Crippen LogP contribution in [0.4, 0.5) is 0 Å². The minimum absolute atomic E-state index is 0.00335. The summed E-state index contributed by atoms with van der Waals surface area (Å²) in [6.45, 7) is 4.57. The second kappa shape index (κ2) is 17.9. The molecule has 0 radical (unpaired) electrons. The van der Waals surface area contributed by atoms with Crippen LogP contribution in [0.15, 0.2) is 11.6 Å². The zero-order chi connectivity index (χ0) is 40.8. The molecule has 0 aromatic rings. The summed E-state index contributed by atoms with van der Waals surface area (Å²) in [4.78, 5) is 54.2. The number of ether oxygens (including phenoxy) is 1. The summed E-state index contributed by atoms with van der Waals surface area (Å²) in [5.41, 5.74) is 0.175. The molecule has 4 saturated carbocycles. The second-order valence-electron chi connectivity index (χ2n) is 21.0. The maximum atomic E-state index is 16.0. The first-order chi connectivity index (χ1) is 29.4. The number of rotatable bonds is 5. The summed E-state index contributed by atoms with van der Waals surface area (Å²) in [7, 11) is 0. The van der Waals surface area contributed by atoms with E-state index in [0.717, 1.165) is 116 Å². The molecule has 5 heterocycles. The molecule has 330 valence electrons. The zero-order valence-electron chi connectivity index (χ0n) is 36.3. The molecular weight excluding hydrogens is 753 g/mol. The minimum Gasteiger partial charge on any atom is -0.459 e. The van der Waals surface area contributed by atoms with E-state index in [-0.39, 0.29) is 72.2 Å². The van der Waals surface area contributed by atoms with Gasteiger partial charge in [-0.05, 0) is 145 Å². The first-order valence-electron chi connectivity index (χ1n) is 25.1. The zero-order valence-corrected chi connectivity index (χ0v) is 36.3. The van der Waals surface area contributed by atoms with Gasteiger partial charge in [0.25, 0.3) is 0 Å². The van der Waals surface area contributed by atoms with Crippen LogP contribution in [0.25, 0.3) is 0 Å². The number of aliphatic hydroxyl groups excluding tert-OH is 1. The molecule has 60 heavy (non-hydrogen) atoms. The highest BCUT2D eigenvalue weighted by Gasteiger charge is 2.78. The highest BCUT2D eigenvalue weighted by atomic mass is 16.6. The Morgan fingerprint density at radius 1 is 0.783 bits per heavy atom. The fraction of sp³-hybridized carbons (Fsp3) is 0.857. The number of aliphatic hydroxyl groups is 1. The highest BCUT2D eigenvalue weighted by Crippen LogP contribution is 2.64. The molecule has 5 aliphatic carbocycles. The number of amides is 2. The molecular formula is C49H74N6O5. The van der Waals surface area contributed by atoms with Crippen LogP contribution in [0.1, 0.15) is 141 Å². The summed E-state index contributed by atoms with van der Waals surface area (Å²) in [6.07, 6.45) is 24.6. The minimum atomic E-state index is -1.08. The van der Waals surface area contributed by atoms with E-state index in [9.17, 15) is 5.11 Å². The van der Waals surface area contributed by atoms with Gasteiger partial charge in [-0.15, -0.1) is 0 Å². The van der Waals surface area contributed by atoms with Crippen molar-refractivity contribution in [2.24, 2.45) is 40.9 Å². The van der Waals surface area contributed by atoms with Crippen molar-refractivity contribution in [2.45, 2.75) is 184 Å². The van der Waals surface area contributed by atoms with E-state index in [1.54, 1.807) is 0 Å². The van der Waals surface area contributed by atoms with Crippen LogP contribution in [-0.4, -0.2) is 120 Å². The smallest absolute Gasteiger partial charge is 0.324 e. The molecule has 2 amide bonds. The van der Waals surface area contributed by atoms with Crippen LogP contribution >= 0.6 is 0 Å². The molecule has 9 fully saturated rings. The Morgan fingerprint density at radius 3 is 2.20 bits per heavy atom. The monoisotopic (exact) mass is 827 g/mol. The quantitative estimate of drug-likeness (QED) is 0.222. The second-order valence-corrected chi connectivity index (χ2v) is 21.0. The van der Waals surface area contributed by atoms with Gasteiger partial charge in [0.15, 0.2) is 0 Å². The molecule has 5 saturated heterocycles. The highest BCUT2D eigenvalue weighted by molar-refractivity contribution is 5.99. The first kappa shape index (κ1) is 41.5. The number of cyclic esters (lactones) is 1. The molecule has 0 aromatic heterocycles. The van der Waals surface area contributed by atoms with E-state index in [1.807, 2.05) is 4.90 Å². The Balaban J connectivity index is 1.09. The van der Waals surface area contributed by atoms with Crippen molar-refractivity contribution in [3.63, 3.8) is 0 Å². The Bertz CT molecular complexity index is 1660. The number of carbonyl (C=O) groups excluding carboxylic acids is 3. The van der Waals surface area contributed by atoms with E-state index in [4.69, 9.17) is 4.74 Å². The fourth-order valence-corrected chi connectivity index (χ4v) is 15.0. The first-order valence-corrected chi connectivity index (χ1v) is 25.1. The standard InChI is InChI=1S/C49H74N6O5/c56-37-22-20-36(21-23-37)44-49(38-31-33(19-24-39(38)52-47(49)59)18-17-32-11-4-1-5-12-32)40(45(57)53-27-29-54(30-28-53)48-50-25-10-26-51-48)42-46(58)60-43(35-15-8-3-9-16-35)41(55(42)44)34-13-6-2-7-14-34/h11,33-44,48,50-51,56H,1-10,12-16,19-31H2,(H,52,59)/t33?,36?,37?,38?,39?,40-,41-,42-,43+,44+,49-/m0/s1. The Labute approximate surface area is 359 Å². The third kappa shape index (κ3) is 7.58. The Hall–Kier alpha value is -2.49. The van der Waals surface area contributed by atoms with Gasteiger partial charge < -0.3 is 20.1 Å². The molecule has 5 aliphatic heterocycles. The van der Waals surface area contributed by atoms with Crippen molar-refractivity contribution in [1.82, 2.24) is 30.7 Å². The molecule has 0 aromatic carbocycles. The lowest BCUT2D eigenvalue weighted by molar-refractivity contribution is -0.191. The number of carbonyl (C=O) groups is 3. The van der Waals surface area contributed by atoms with E-state index in [0.29, 0.717) is 37.8 Å². The third-order valence-electron chi connectivity index (χ3n) is 17.8. The summed E-state index contributed by atoms with van der Waals surface area (Å²) < 4.78 is 6.95. The molecule has 11 heteroatoms. The predicted octanol–water partition coefficient (Wildman–Crippen LogP) is 5.08. The maximum absolute atomic E-state index is 16.0. The topological polar surface area (TPSA) is 126 Å². The van der Waals surface area contributed by atoms with Crippen LogP contribution in [0.2, 0.25) is 0 Å². The molecule has 3 unspecified atom stereocenters. The van der Waals surface area contributed by atoms with Crippen molar-refractivity contribution in [3.05, 3.63) is 11.6 Å². The molecule has 9 atom stereocenters. The normalized spacial score (nSPS) is 41.5. The maximum Gasteiger partial charge on any atom is 0.324 e. The number of nitrogens with one attached hydrogen (secondary N) is 3. The summed E-state index contributed by atoms with van der Waals surface area (Å²) in [6, 6.07) is -1.11. The Morgan fingerprint density at radius 2 is 1.50 bits per heavy atom. The van der Waals surface area contributed by atoms with Gasteiger partial charge in [0.1, 0.15) is 18.4 Å². The van der Waals surface area contributed by atoms with Gasteiger partial charge in [-0.2, -0.15) is 0 Å². The van der Waals surface area contributed by atoms with Crippen molar-refractivity contribution >= 4 is 17.8 Å². The van der Waals surface area contributed by atoms with Crippen molar-refractivity contribution in [1.29, 1.82) is 0 Å². The van der Waals surface area contributed by atoms with Crippen molar-refractivity contribution < 1.29 is 24.2 Å². The van der Waals surface area contributed by atoms with Gasteiger partial charge in [-0.25, -0.2) is 0 Å². The van der Waals surface area contributed by atoms with Gasteiger partial charge in [0.05, 0.1) is 23.5 Å². The third-order valence-corrected chi connectivity index (χ3v) is 17.8. The van der Waals surface area contributed by atoms with Gasteiger partial charge in [-0.3, -0.25) is 34.8 Å². The molecule has 4 N–H and O–H groups in total. The van der Waals surface area contributed by atoms with Gasteiger partial charge >= 0.3 is 5.97 Å². The lowest BCUT2D eigenvalue weighted by Gasteiger charge is -2.54. The number of morpholine rings is 1. The van der Waals surface area contributed by atoms with E-state index >= 15 is 14.4 Å². The van der Waals surface area contributed by atoms with Crippen LogP contribution in [0, 0.1) is 52.8 Å². The van der Waals surface area contributed by atoms with E-state index in [2.05, 4.69) is 43.7 Å². The number of esters is 1. The number of hydrogen-bond donors (Lipinski definition) is 4. The largest absolute Gasteiger partial charge is 0.459 e. The van der Waals surface area contributed by atoms with Gasteiger partial charge in [0, 0.05) is 44.2 Å². The Kier molecular flexibility index (Phi) is 12.4. The van der Waals surface area contributed by atoms with E-state index < -0.39 is 17.4 Å². The van der Waals surface area contributed by atoms with Crippen molar-refractivity contribution in [3.8, 4) is 11.8 Å². The number of hydrogen-bond acceptors (Lipinski definition) is 9. The van der Waals surface area contributed by atoms with Crippen LogP contribution in [0.3, 0.4) is 0 Å². The fourth-order valence-electron chi connectivity index (χ4n) is 15.0. The van der Waals surface area contributed by atoms with Crippen LogP contribution in [0.5, 0.6) is 0 Å². The van der Waals surface area contributed by atoms with Crippen LogP contribution in [-0.2, 0) is 19.1 Å². The SMILES string of the molecule is O=C1O[C@H](C2CCCCC2)[C@H](C2CCCCC2)N2[C@H]1[C@@H](C(=O)N1CCN(C3NCCCN3)CC1)[C@]1(C(=O)NC3CCC(C#CC4=CCCCC4)CC31)[C@H]2C1CCC(O)CC1. The van der Waals surface area contributed by atoms with Gasteiger partial charge in [0.2, 0.25) is 11.8 Å². The number of fused-ring (bicyclic) bond motifs is 3. The molecule has 10 rings (SSSR count). The lowest BCUT2D eigenvalue weighted by atomic mass is 9.55. The van der Waals surface area contributed by atoms with Gasteiger partial charge in [-0.1, -0.05) is 56.4 Å². The van der Waals surface area contributed by atoms with Crippen LogP contribution < -0.4 is 16.0 Å². The van der Waals surface area contributed by atoms with Crippen molar-refractivity contribution in [2.75, 3.05) is 39.3 Å². The molecule has 0 bridgehead atoms. The number of nitrogens with zero attached hydrogens (tertiary/aromatic N) is 3. The number of allylic oxidation sites excluding steroid dienone is 2. The summed E-state index contributed by atoms with van der Waals surface area (Å²) in [5, 5.41) is 21.8. The summed E-state index contributed by atoms with van der Waals surface area (Å²) >= 11 is 0. The average Bonchev–Trinajstić information content (AvgIpc) is 3.78. The molecule has 11 nitrogen and oxygen atoms in total. The predicted molar refractivity (Wildman–Crippen MR) is 230 cm³/mol. The lowest BCUT2D eigenvalue weighted by Crippen LogP contribution is -2.66. The van der Waals surface area contributed by atoms with E-state index in [1.165, 1.54) is 44.1 Å². The average molecular weight is 827 g/mol. The number of piperazine rings is 1. The molecule has 1 spiro atoms. The molecule has 10 aliphatic rings.